The van der Waals surface area contributed by atoms with Crippen LogP contribution in [0.25, 0.3) is 10.7 Å². The average molecular weight is 256 g/mol. The third kappa shape index (κ3) is 1.86. The summed E-state index contributed by atoms with van der Waals surface area (Å²) in [5.41, 5.74) is 0. The van der Waals surface area contributed by atoms with Gasteiger partial charge in [0, 0.05) is 6.54 Å². The number of nitrogens with zero attached hydrogens (tertiary/aromatic N) is 2. The van der Waals surface area contributed by atoms with Gasteiger partial charge in [-0.1, -0.05) is 16.8 Å². The molecule has 84 valence electrons. The number of nitrogens with one attached hydrogen (secondary N) is 1. The molecule has 0 aromatic carbocycles. The monoisotopic (exact) mass is 255 g/mol. The number of hydrogen-bond donors (Lipinski definition) is 1. The molecule has 6 heteroatoms. The first kappa shape index (κ1) is 10.3. The summed E-state index contributed by atoms with van der Waals surface area (Å²) in [5, 5.41) is 7.26. The molecule has 0 saturated carbocycles. The lowest BCUT2D eigenvalue weighted by Gasteiger charge is -1.98. The number of thiophene rings is 1. The first-order valence-corrected chi connectivity index (χ1v) is 6.32. The van der Waals surface area contributed by atoms with Crippen LogP contribution in [0.15, 0.2) is 16.7 Å². The van der Waals surface area contributed by atoms with E-state index < -0.39 is 0 Å². The lowest BCUT2D eigenvalue weighted by atomic mass is 10.1. The normalized spacial score (nSPS) is 20.4. The smallest absolute Gasteiger partial charge is 0.231 e. The molecule has 1 aliphatic rings. The summed E-state index contributed by atoms with van der Waals surface area (Å²) in [5.74, 6) is 1.72. The SMILES string of the molecule is Clc1ccc(-c2noc(C3CCNC3)n2)s1. The lowest BCUT2D eigenvalue weighted by molar-refractivity contribution is 0.359. The Morgan fingerprint density at radius 2 is 2.44 bits per heavy atom. The maximum absolute atomic E-state index is 5.87. The van der Waals surface area contributed by atoms with Gasteiger partial charge in [-0.2, -0.15) is 4.98 Å². The van der Waals surface area contributed by atoms with Crippen LogP contribution in [-0.2, 0) is 0 Å². The molecule has 3 rings (SSSR count). The van der Waals surface area contributed by atoms with Crippen LogP contribution in [0, 0.1) is 0 Å². The third-order valence-corrected chi connectivity index (χ3v) is 3.87. The van der Waals surface area contributed by atoms with Gasteiger partial charge in [0.25, 0.3) is 0 Å². The minimum absolute atomic E-state index is 0.358. The zero-order chi connectivity index (χ0) is 11.0. The molecule has 3 heterocycles. The molecule has 0 amide bonds. The predicted octanol–water partition coefficient (Wildman–Crippen LogP) is 2.53. The van der Waals surface area contributed by atoms with Crippen molar-refractivity contribution >= 4 is 22.9 Å². The minimum Gasteiger partial charge on any atom is -0.339 e. The summed E-state index contributed by atoms with van der Waals surface area (Å²) in [6, 6.07) is 3.75. The Hall–Kier alpha value is -0.910. The van der Waals surface area contributed by atoms with E-state index in [1.165, 1.54) is 11.3 Å². The fourth-order valence-electron chi connectivity index (χ4n) is 1.80. The van der Waals surface area contributed by atoms with Crippen LogP contribution in [0.2, 0.25) is 4.34 Å². The van der Waals surface area contributed by atoms with Crippen LogP contribution in [0.1, 0.15) is 18.2 Å². The molecule has 0 spiro atoms. The fourth-order valence-corrected chi connectivity index (χ4v) is 2.77. The number of hydrogen-bond acceptors (Lipinski definition) is 5. The van der Waals surface area contributed by atoms with Crippen molar-refractivity contribution in [3.63, 3.8) is 0 Å². The summed E-state index contributed by atoms with van der Waals surface area (Å²) in [6.45, 7) is 1.94. The zero-order valence-corrected chi connectivity index (χ0v) is 10.0. The van der Waals surface area contributed by atoms with E-state index >= 15 is 0 Å². The van der Waals surface area contributed by atoms with Crippen LogP contribution in [0.4, 0.5) is 0 Å². The van der Waals surface area contributed by atoms with Crippen LogP contribution < -0.4 is 5.32 Å². The summed E-state index contributed by atoms with van der Waals surface area (Å²) < 4.78 is 6.01. The van der Waals surface area contributed by atoms with E-state index in [1.54, 1.807) is 0 Å². The highest BCUT2D eigenvalue weighted by Crippen LogP contribution is 2.30. The standard InChI is InChI=1S/C10H10ClN3OS/c11-8-2-1-7(16-8)9-13-10(15-14-9)6-3-4-12-5-6/h1-2,6,12H,3-5H2. The summed E-state index contributed by atoms with van der Waals surface area (Å²) >= 11 is 7.33. The largest absolute Gasteiger partial charge is 0.339 e. The molecule has 1 fully saturated rings. The second kappa shape index (κ2) is 4.16. The Balaban J connectivity index is 1.87. The fraction of sp³-hybridized carbons (Fsp3) is 0.400. The third-order valence-electron chi connectivity index (χ3n) is 2.64. The molecule has 0 bridgehead atoms. The van der Waals surface area contributed by atoms with E-state index in [0.29, 0.717) is 11.7 Å². The van der Waals surface area contributed by atoms with Crippen LogP contribution in [-0.4, -0.2) is 23.2 Å². The van der Waals surface area contributed by atoms with E-state index in [4.69, 9.17) is 16.1 Å². The van der Waals surface area contributed by atoms with Crippen molar-refractivity contribution in [3.05, 3.63) is 22.4 Å². The average Bonchev–Trinajstić information content (AvgIpc) is 2.97. The van der Waals surface area contributed by atoms with Gasteiger partial charge in [-0.25, -0.2) is 0 Å². The highest BCUT2D eigenvalue weighted by atomic mass is 35.5. The van der Waals surface area contributed by atoms with Gasteiger partial charge in [0.05, 0.1) is 15.1 Å². The van der Waals surface area contributed by atoms with Crippen molar-refractivity contribution in [2.75, 3.05) is 13.1 Å². The van der Waals surface area contributed by atoms with Gasteiger partial charge in [0.2, 0.25) is 11.7 Å². The first-order valence-electron chi connectivity index (χ1n) is 5.13. The Labute approximate surface area is 102 Å². The zero-order valence-electron chi connectivity index (χ0n) is 8.44. The number of rotatable bonds is 2. The molecule has 1 saturated heterocycles. The molecule has 1 atom stereocenters. The molecule has 2 aromatic heterocycles. The number of aromatic nitrogens is 2. The van der Waals surface area contributed by atoms with Crippen molar-refractivity contribution in [2.24, 2.45) is 0 Å². The summed E-state index contributed by atoms with van der Waals surface area (Å²) in [4.78, 5) is 5.36. The Kier molecular flexibility index (Phi) is 2.67. The number of halogens is 1. The molecule has 1 unspecified atom stereocenters. The molecular weight excluding hydrogens is 246 g/mol. The van der Waals surface area contributed by atoms with Crippen molar-refractivity contribution in [3.8, 4) is 10.7 Å². The van der Waals surface area contributed by atoms with Gasteiger partial charge < -0.3 is 9.84 Å². The van der Waals surface area contributed by atoms with Gasteiger partial charge in [-0.15, -0.1) is 11.3 Å². The maximum Gasteiger partial charge on any atom is 0.231 e. The van der Waals surface area contributed by atoms with Crippen molar-refractivity contribution in [2.45, 2.75) is 12.3 Å². The van der Waals surface area contributed by atoms with Crippen LogP contribution in [0.5, 0.6) is 0 Å². The van der Waals surface area contributed by atoms with Gasteiger partial charge in [-0.05, 0) is 25.1 Å². The summed E-state index contributed by atoms with van der Waals surface area (Å²) in [7, 11) is 0. The van der Waals surface area contributed by atoms with Gasteiger partial charge >= 0.3 is 0 Å². The van der Waals surface area contributed by atoms with Crippen LogP contribution >= 0.6 is 22.9 Å². The topological polar surface area (TPSA) is 51.0 Å². The first-order chi connectivity index (χ1) is 7.83. The molecule has 4 nitrogen and oxygen atoms in total. The van der Waals surface area contributed by atoms with Crippen molar-refractivity contribution < 1.29 is 4.52 Å². The van der Waals surface area contributed by atoms with Crippen molar-refractivity contribution in [1.82, 2.24) is 15.5 Å². The van der Waals surface area contributed by atoms with E-state index in [2.05, 4.69) is 15.5 Å². The molecule has 2 aromatic rings. The Morgan fingerprint density at radius 1 is 1.50 bits per heavy atom. The molecule has 1 N–H and O–H groups in total. The Bertz CT molecular complexity index is 490. The van der Waals surface area contributed by atoms with Crippen molar-refractivity contribution in [1.29, 1.82) is 0 Å². The second-order valence-corrected chi connectivity index (χ2v) is 5.46. The molecule has 0 aliphatic carbocycles. The summed E-state index contributed by atoms with van der Waals surface area (Å²) in [6.07, 6.45) is 1.06. The molecule has 16 heavy (non-hydrogen) atoms. The van der Waals surface area contributed by atoms with Gasteiger partial charge in [-0.3, -0.25) is 0 Å². The van der Waals surface area contributed by atoms with E-state index in [9.17, 15) is 0 Å². The van der Waals surface area contributed by atoms with Crippen LogP contribution in [0.3, 0.4) is 0 Å². The second-order valence-electron chi connectivity index (χ2n) is 3.75. The predicted molar refractivity (Wildman–Crippen MR) is 62.8 cm³/mol. The van der Waals surface area contributed by atoms with Gasteiger partial charge in [0.15, 0.2) is 0 Å². The van der Waals surface area contributed by atoms with E-state index in [0.717, 1.165) is 34.6 Å². The highest BCUT2D eigenvalue weighted by molar-refractivity contribution is 7.19. The van der Waals surface area contributed by atoms with Gasteiger partial charge in [0.1, 0.15) is 0 Å². The Morgan fingerprint density at radius 3 is 3.12 bits per heavy atom. The molecule has 0 radical (unpaired) electrons. The minimum atomic E-state index is 0.358. The highest BCUT2D eigenvalue weighted by Gasteiger charge is 2.23. The molecular formula is C10H10ClN3OS. The van der Waals surface area contributed by atoms with E-state index in [-0.39, 0.29) is 0 Å². The lowest BCUT2D eigenvalue weighted by Crippen LogP contribution is -2.08. The van der Waals surface area contributed by atoms with E-state index in [1.807, 2.05) is 12.1 Å². The molecule has 1 aliphatic heterocycles. The maximum atomic E-state index is 5.87. The quantitative estimate of drug-likeness (QED) is 0.896.